The van der Waals surface area contributed by atoms with E-state index in [-0.39, 0.29) is 17.7 Å². The van der Waals surface area contributed by atoms with Crippen LogP contribution >= 0.6 is 0 Å². The zero-order valence-electron chi connectivity index (χ0n) is 13.2. The first-order chi connectivity index (χ1) is 10.7. The summed E-state index contributed by atoms with van der Waals surface area (Å²) in [5.41, 5.74) is 0. The van der Waals surface area contributed by atoms with Gasteiger partial charge in [0.1, 0.15) is 5.76 Å². The van der Waals surface area contributed by atoms with Gasteiger partial charge in [-0.3, -0.25) is 9.59 Å². The Labute approximate surface area is 131 Å². The maximum absolute atomic E-state index is 12.8. The molecular weight excluding hydrogens is 280 g/mol. The molecule has 2 atom stereocenters. The molecule has 22 heavy (non-hydrogen) atoms. The summed E-state index contributed by atoms with van der Waals surface area (Å²) >= 11 is 0. The normalized spacial score (nSPS) is 25.8. The van der Waals surface area contributed by atoms with Crippen molar-refractivity contribution < 1.29 is 14.0 Å². The Morgan fingerprint density at radius 2 is 2.27 bits per heavy atom. The second-order valence-electron chi connectivity index (χ2n) is 6.34. The molecule has 0 spiro atoms. The van der Waals surface area contributed by atoms with Crippen LogP contribution < -0.4 is 0 Å². The quantitative estimate of drug-likeness (QED) is 0.858. The molecule has 3 heterocycles. The van der Waals surface area contributed by atoms with Crippen LogP contribution in [0.1, 0.15) is 44.8 Å². The highest BCUT2D eigenvalue weighted by molar-refractivity contribution is 5.89. The van der Waals surface area contributed by atoms with Crippen LogP contribution in [-0.4, -0.2) is 40.7 Å². The molecule has 3 rings (SSSR count). The van der Waals surface area contributed by atoms with E-state index in [1.54, 1.807) is 11.2 Å². The van der Waals surface area contributed by atoms with Gasteiger partial charge < -0.3 is 14.2 Å². The SMILES string of the molecule is CCC1CCCCN1C(=O)C1CC(=O)N(Cc2ccco2)C1. The fraction of sp³-hybridized carbons (Fsp3) is 0.647. The average Bonchev–Trinajstić information content (AvgIpc) is 3.17. The molecule has 0 radical (unpaired) electrons. The van der Waals surface area contributed by atoms with Gasteiger partial charge in [-0.05, 0) is 37.8 Å². The lowest BCUT2D eigenvalue weighted by Crippen LogP contribution is -2.46. The number of likely N-dealkylation sites (tertiary alicyclic amines) is 2. The summed E-state index contributed by atoms with van der Waals surface area (Å²) in [4.78, 5) is 28.7. The Morgan fingerprint density at radius 3 is 3.00 bits per heavy atom. The second kappa shape index (κ2) is 6.55. The zero-order chi connectivity index (χ0) is 15.5. The molecule has 5 nitrogen and oxygen atoms in total. The van der Waals surface area contributed by atoms with Crippen molar-refractivity contribution in [3.63, 3.8) is 0 Å². The van der Waals surface area contributed by atoms with E-state index in [2.05, 4.69) is 6.92 Å². The lowest BCUT2D eigenvalue weighted by molar-refractivity contribution is -0.139. The van der Waals surface area contributed by atoms with Crippen molar-refractivity contribution in [2.45, 2.75) is 51.6 Å². The molecule has 2 fully saturated rings. The van der Waals surface area contributed by atoms with E-state index >= 15 is 0 Å². The minimum Gasteiger partial charge on any atom is -0.467 e. The lowest BCUT2D eigenvalue weighted by atomic mass is 9.97. The zero-order valence-corrected chi connectivity index (χ0v) is 13.2. The smallest absolute Gasteiger partial charge is 0.228 e. The van der Waals surface area contributed by atoms with Gasteiger partial charge in [0.05, 0.1) is 18.7 Å². The first-order valence-corrected chi connectivity index (χ1v) is 8.29. The summed E-state index contributed by atoms with van der Waals surface area (Å²) in [6.45, 7) is 3.97. The number of rotatable bonds is 4. The van der Waals surface area contributed by atoms with Crippen LogP contribution in [-0.2, 0) is 16.1 Å². The summed E-state index contributed by atoms with van der Waals surface area (Å²) in [6.07, 6.45) is 6.33. The molecule has 1 aromatic rings. The molecule has 0 N–H and O–H groups in total. The second-order valence-corrected chi connectivity index (χ2v) is 6.34. The van der Waals surface area contributed by atoms with Crippen LogP contribution in [0.2, 0.25) is 0 Å². The van der Waals surface area contributed by atoms with Crippen LogP contribution in [0.25, 0.3) is 0 Å². The average molecular weight is 304 g/mol. The Balaban J connectivity index is 1.63. The van der Waals surface area contributed by atoms with E-state index < -0.39 is 0 Å². The predicted molar refractivity (Wildman–Crippen MR) is 81.9 cm³/mol. The number of carbonyl (C=O) groups is 2. The highest BCUT2D eigenvalue weighted by Crippen LogP contribution is 2.27. The monoisotopic (exact) mass is 304 g/mol. The van der Waals surface area contributed by atoms with Crippen molar-refractivity contribution in [2.24, 2.45) is 5.92 Å². The van der Waals surface area contributed by atoms with Gasteiger partial charge >= 0.3 is 0 Å². The molecule has 1 aromatic heterocycles. The molecule has 2 aliphatic rings. The lowest BCUT2D eigenvalue weighted by Gasteiger charge is -2.36. The molecule has 0 saturated carbocycles. The van der Waals surface area contributed by atoms with Gasteiger partial charge in [-0.25, -0.2) is 0 Å². The molecule has 2 saturated heterocycles. The van der Waals surface area contributed by atoms with Gasteiger partial charge in [-0.15, -0.1) is 0 Å². The molecule has 2 amide bonds. The van der Waals surface area contributed by atoms with E-state index in [4.69, 9.17) is 4.42 Å². The van der Waals surface area contributed by atoms with Gasteiger partial charge in [0, 0.05) is 25.6 Å². The maximum atomic E-state index is 12.8. The fourth-order valence-electron chi connectivity index (χ4n) is 3.63. The van der Waals surface area contributed by atoms with Crippen LogP contribution in [0.4, 0.5) is 0 Å². The highest BCUT2D eigenvalue weighted by Gasteiger charge is 2.38. The number of furan rings is 1. The number of hydrogen-bond donors (Lipinski definition) is 0. The van der Waals surface area contributed by atoms with Crippen molar-refractivity contribution in [3.8, 4) is 0 Å². The van der Waals surface area contributed by atoms with Crippen LogP contribution in [0.15, 0.2) is 22.8 Å². The molecule has 0 aliphatic carbocycles. The first-order valence-electron chi connectivity index (χ1n) is 8.29. The van der Waals surface area contributed by atoms with Crippen molar-refractivity contribution in [3.05, 3.63) is 24.2 Å². The van der Waals surface area contributed by atoms with Gasteiger partial charge in [-0.2, -0.15) is 0 Å². The van der Waals surface area contributed by atoms with Gasteiger partial charge in [-0.1, -0.05) is 6.92 Å². The van der Waals surface area contributed by atoms with Gasteiger partial charge in [0.25, 0.3) is 0 Å². The topological polar surface area (TPSA) is 53.8 Å². The van der Waals surface area contributed by atoms with E-state index in [9.17, 15) is 9.59 Å². The Hall–Kier alpha value is -1.78. The third-order valence-corrected chi connectivity index (χ3v) is 4.87. The maximum Gasteiger partial charge on any atom is 0.228 e. The summed E-state index contributed by atoms with van der Waals surface area (Å²) in [6, 6.07) is 4.04. The molecule has 2 aliphatic heterocycles. The summed E-state index contributed by atoms with van der Waals surface area (Å²) in [5, 5.41) is 0. The highest BCUT2D eigenvalue weighted by atomic mass is 16.3. The van der Waals surface area contributed by atoms with E-state index in [1.807, 2.05) is 17.0 Å². The molecule has 5 heteroatoms. The Bertz CT molecular complexity index is 526. The minimum absolute atomic E-state index is 0.0554. The minimum atomic E-state index is -0.186. The van der Waals surface area contributed by atoms with Crippen molar-refractivity contribution in [2.75, 3.05) is 13.1 Å². The standard InChI is InChI=1S/C17H24N2O3/c1-2-14-6-3-4-8-19(14)17(21)13-10-16(20)18(11-13)12-15-7-5-9-22-15/h5,7,9,13-14H,2-4,6,8,10-12H2,1H3. The van der Waals surface area contributed by atoms with Gasteiger partial charge in [0.15, 0.2) is 0 Å². The number of hydrogen-bond acceptors (Lipinski definition) is 3. The molecule has 2 unspecified atom stereocenters. The summed E-state index contributed by atoms with van der Waals surface area (Å²) in [5.74, 6) is 0.808. The van der Waals surface area contributed by atoms with Crippen LogP contribution in [0.5, 0.6) is 0 Å². The van der Waals surface area contributed by atoms with Crippen molar-refractivity contribution >= 4 is 11.8 Å². The number of nitrogens with zero attached hydrogens (tertiary/aromatic N) is 2. The third-order valence-electron chi connectivity index (χ3n) is 4.87. The number of piperidine rings is 1. The Kier molecular flexibility index (Phi) is 4.50. The largest absolute Gasteiger partial charge is 0.467 e. The fourth-order valence-corrected chi connectivity index (χ4v) is 3.63. The van der Waals surface area contributed by atoms with Crippen molar-refractivity contribution in [1.82, 2.24) is 9.80 Å². The van der Waals surface area contributed by atoms with Gasteiger partial charge in [0.2, 0.25) is 11.8 Å². The van der Waals surface area contributed by atoms with Crippen LogP contribution in [0, 0.1) is 5.92 Å². The summed E-state index contributed by atoms with van der Waals surface area (Å²) in [7, 11) is 0. The first kappa shape index (κ1) is 15.1. The number of carbonyl (C=O) groups excluding carboxylic acids is 2. The molecule has 120 valence electrons. The molecular formula is C17H24N2O3. The Morgan fingerprint density at radius 1 is 1.41 bits per heavy atom. The van der Waals surface area contributed by atoms with E-state index in [0.29, 0.717) is 25.6 Å². The van der Waals surface area contributed by atoms with Crippen molar-refractivity contribution in [1.29, 1.82) is 0 Å². The predicted octanol–water partition coefficient (Wildman–Crippen LogP) is 2.42. The van der Waals surface area contributed by atoms with E-state index in [1.165, 1.54) is 6.42 Å². The van der Waals surface area contributed by atoms with Crippen LogP contribution in [0.3, 0.4) is 0 Å². The molecule has 0 aromatic carbocycles. The summed E-state index contributed by atoms with van der Waals surface area (Å²) < 4.78 is 5.30. The number of amides is 2. The van der Waals surface area contributed by atoms with E-state index in [0.717, 1.165) is 31.6 Å². The third kappa shape index (κ3) is 3.03. The molecule has 0 bridgehead atoms.